The van der Waals surface area contributed by atoms with Gasteiger partial charge in [-0.1, -0.05) is 0 Å². The maximum Gasteiger partial charge on any atom is 0.228 e. The number of rotatable bonds is 3. The van der Waals surface area contributed by atoms with Crippen LogP contribution >= 0.6 is 0 Å². The number of amides is 2. The quantitative estimate of drug-likeness (QED) is 0.722. The van der Waals surface area contributed by atoms with Crippen molar-refractivity contribution in [3.63, 3.8) is 0 Å². The van der Waals surface area contributed by atoms with Crippen LogP contribution in [0.2, 0.25) is 0 Å². The third-order valence-electron chi connectivity index (χ3n) is 6.11. The highest BCUT2D eigenvalue weighted by molar-refractivity contribution is 6.00. The Balaban J connectivity index is 1.22. The molecular weight excluding hydrogens is 410 g/mol. The van der Waals surface area contributed by atoms with Gasteiger partial charge in [-0.25, -0.2) is 4.98 Å². The third kappa shape index (κ3) is 3.68. The Labute approximate surface area is 185 Å². The number of fused-ring (bicyclic) bond motifs is 1. The number of carbonyl (C=O) groups excluding carboxylic acids is 2. The fourth-order valence-corrected chi connectivity index (χ4v) is 4.46. The van der Waals surface area contributed by atoms with Gasteiger partial charge >= 0.3 is 0 Å². The molecule has 32 heavy (non-hydrogen) atoms. The molecule has 164 valence electrons. The Morgan fingerprint density at radius 2 is 1.88 bits per heavy atom. The summed E-state index contributed by atoms with van der Waals surface area (Å²) in [6, 6.07) is 11.1. The molecular formula is C23H23N5O4. The number of benzene rings is 1. The maximum atomic E-state index is 13.1. The first kappa shape index (κ1) is 20.1. The lowest BCUT2D eigenvalue weighted by Gasteiger charge is -2.36. The number of hydrogen-bond donors (Lipinski definition) is 0. The van der Waals surface area contributed by atoms with Gasteiger partial charge in [-0.3, -0.25) is 9.59 Å². The van der Waals surface area contributed by atoms with Gasteiger partial charge in [0.25, 0.3) is 0 Å². The van der Waals surface area contributed by atoms with Crippen LogP contribution in [-0.4, -0.2) is 67.6 Å². The van der Waals surface area contributed by atoms with E-state index in [2.05, 4.69) is 11.1 Å². The highest BCUT2D eigenvalue weighted by Gasteiger charge is 2.38. The van der Waals surface area contributed by atoms with E-state index < -0.39 is 0 Å². The smallest absolute Gasteiger partial charge is 0.228 e. The van der Waals surface area contributed by atoms with Gasteiger partial charge in [0, 0.05) is 57.1 Å². The SMILES string of the molecule is N#Cc1cccnc1N1CCN(C(=O)C2CC(=O)N(c3ccc4c(c3)OCCO4)C2)CC1. The lowest BCUT2D eigenvalue weighted by atomic mass is 10.1. The monoisotopic (exact) mass is 433 g/mol. The molecule has 1 atom stereocenters. The molecule has 2 aromatic rings. The van der Waals surface area contributed by atoms with Crippen LogP contribution in [0.3, 0.4) is 0 Å². The molecule has 0 bridgehead atoms. The minimum atomic E-state index is -0.369. The summed E-state index contributed by atoms with van der Waals surface area (Å²) in [7, 11) is 0. The number of nitrogens with zero attached hydrogens (tertiary/aromatic N) is 5. The molecule has 2 fully saturated rings. The number of pyridine rings is 1. The topological polar surface area (TPSA) is 99.0 Å². The van der Waals surface area contributed by atoms with Crippen LogP contribution in [0.15, 0.2) is 36.5 Å². The minimum Gasteiger partial charge on any atom is -0.486 e. The van der Waals surface area contributed by atoms with Gasteiger partial charge in [-0.15, -0.1) is 0 Å². The fourth-order valence-electron chi connectivity index (χ4n) is 4.46. The average Bonchev–Trinajstić information content (AvgIpc) is 3.25. The number of carbonyl (C=O) groups is 2. The second kappa shape index (κ2) is 8.38. The summed E-state index contributed by atoms with van der Waals surface area (Å²) in [5.41, 5.74) is 1.25. The van der Waals surface area contributed by atoms with Gasteiger partial charge < -0.3 is 24.2 Å². The van der Waals surface area contributed by atoms with E-state index in [1.165, 1.54) is 0 Å². The van der Waals surface area contributed by atoms with E-state index in [1.807, 2.05) is 15.9 Å². The number of anilines is 2. The molecule has 3 aliphatic rings. The van der Waals surface area contributed by atoms with Gasteiger partial charge in [-0.2, -0.15) is 5.26 Å². The van der Waals surface area contributed by atoms with Gasteiger partial charge in [0.2, 0.25) is 11.8 Å². The van der Waals surface area contributed by atoms with E-state index >= 15 is 0 Å². The van der Waals surface area contributed by atoms with Crippen molar-refractivity contribution in [2.45, 2.75) is 6.42 Å². The molecule has 4 heterocycles. The number of hydrogen-bond acceptors (Lipinski definition) is 7. The number of aromatic nitrogens is 1. The Hall–Kier alpha value is -3.80. The molecule has 5 rings (SSSR count). The molecule has 9 nitrogen and oxygen atoms in total. The summed E-state index contributed by atoms with van der Waals surface area (Å²) in [5.74, 6) is 1.52. The predicted octanol–water partition coefficient (Wildman–Crippen LogP) is 1.43. The zero-order chi connectivity index (χ0) is 22.1. The van der Waals surface area contributed by atoms with Crippen molar-refractivity contribution >= 4 is 23.3 Å². The molecule has 2 saturated heterocycles. The Morgan fingerprint density at radius 3 is 2.66 bits per heavy atom. The van der Waals surface area contributed by atoms with Crippen LogP contribution in [0, 0.1) is 17.2 Å². The summed E-state index contributed by atoms with van der Waals surface area (Å²) < 4.78 is 11.2. The van der Waals surface area contributed by atoms with Crippen molar-refractivity contribution in [3.8, 4) is 17.6 Å². The normalized spacial score (nSPS) is 20.3. The second-order valence-electron chi connectivity index (χ2n) is 8.03. The molecule has 0 radical (unpaired) electrons. The molecule has 3 aliphatic heterocycles. The summed E-state index contributed by atoms with van der Waals surface area (Å²) in [6.07, 6.45) is 1.87. The highest BCUT2D eigenvalue weighted by Crippen LogP contribution is 2.36. The summed E-state index contributed by atoms with van der Waals surface area (Å²) in [6.45, 7) is 3.62. The summed E-state index contributed by atoms with van der Waals surface area (Å²) in [5, 5.41) is 9.31. The largest absolute Gasteiger partial charge is 0.486 e. The predicted molar refractivity (Wildman–Crippen MR) is 116 cm³/mol. The van der Waals surface area contributed by atoms with Gasteiger partial charge in [0.15, 0.2) is 11.5 Å². The zero-order valence-corrected chi connectivity index (χ0v) is 17.6. The van der Waals surface area contributed by atoms with Crippen LogP contribution < -0.4 is 19.3 Å². The number of nitriles is 1. The van der Waals surface area contributed by atoms with Crippen LogP contribution in [-0.2, 0) is 9.59 Å². The van der Waals surface area contributed by atoms with Crippen molar-refractivity contribution in [3.05, 3.63) is 42.1 Å². The molecule has 0 saturated carbocycles. The van der Waals surface area contributed by atoms with Crippen molar-refractivity contribution < 1.29 is 19.1 Å². The Morgan fingerprint density at radius 1 is 1.09 bits per heavy atom. The van der Waals surface area contributed by atoms with E-state index in [1.54, 1.807) is 35.4 Å². The molecule has 9 heteroatoms. The van der Waals surface area contributed by atoms with Crippen LogP contribution in [0.25, 0.3) is 0 Å². The number of piperazine rings is 1. The Kier molecular flexibility index (Phi) is 5.27. The summed E-state index contributed by atoms with van der Waals surface area (Å²) >= 11 is 0. The van der Waals surface area contributed by atoms with Gasteiger partial charge in [0.05, 0.1) is 11.5 Å². The molecule has 1 aromatic heterocycles. The first-order valence-electron chi connectivity index (χ1n) is 10.7. The first-order valence-corrected chi connectivity index (χ1v) is 10.7. The van der Waals surface area contributed by atoms with E-state index in [9.17, 15) is 14.9 Å². The minimum absolute atomic E-state index is 0.000397. The van der Waals surface area contributed by atoms with Crippen molar-refractivity contribution in [1.82, 2.24) is 9.88 Å². The van der Waals surface area contributed by atoms with Crippen molar-refractivity contribution in [2.75, 3.05) is 55.7 Å². The van der Waals surface area contributed by atoms with Crippen molar-refractivity contribution in [1.29, 1.82) is 5.26 Å². The molecule has 0 spiro atoms. The fraction of sp³-hybridized carbons (Fsp3) is 0.391. The molecule has 0 N–H and O–H groups in total. The van der Waals surface area contributed by atoms with Crippen LogP contribution in [0.1, 0.15) is 12.0 Å². The van der Waals surface area contributed by atoms with E-state index in [4.69, 9.17) is 9.47 Å². The lowest BCUT2D eigenvalue weighted by Crippen LogP contribution is -2.51. The third-order valence-corrected chi connectivity index (χ3v) is 6.11. The van der Waals surface area contributed by atoms with Crippen molar-refractivity contribution in [2.24, 2.45) is 5.92 Å². The second-order valence-corrected chi connectivity index (χ2v) is 8.03. The van der Waals surface area contributed by atoms with E-state index in [-0.39, 0.29) is 24.2 Å². The highest BCUT2D eigenvalue weighted by atomic mass is 16.6. The van der Waals surface area contributed by atoms with E-state index in [0.717, 1.165) is 5.69 Å². The van der Waals surface area contributed by atoms with Crippen LogP contribution in [0.4, 0.5) is 11.5 Å². The molecule has 1 aromatic carbocycles. The lowest BCUT2D eigenvalue weighted by molar-refractivity contribution is -0.136. The molecule has 0 aliphatic carbocycles. The summed E-state index contributed by atoms with van der Waals surface area (Å²) in [4.78, 5) is 35.7. The van der Waals surface area contributed by atoms with Crippen LogP contribution in [0.5, 0.6) is 11.5 Å². The Bertz CT molecular complexity index is 1090. The number of ether oxygens (including phenoxy) is 2. The first-order chi connectivity index (χ1) is 15.6. The zero-order valence-electron chi connectivity index (χ0n) is 17.6. The van der Waals surface area contributed by atoms with E-state index in [0.29, 0.717) is 68.8 Å². The maximum absolute atomic E-state index is 13.1. The average molecular weight is 433 g/mol. The standard InChI is InChI=1S/C23H23N5O4/c24-14-16-2-1-5-25-22(16)26-6-8-27(9-7-26)23(30)17-12-21(29)28(15-17)18-3-4-19-20(13-18)32-11-10-31-19/h1-5,13,17H,6-12,15H2. The molecule has 1 unspecified atom stereocenters. The molecule has 2 amide bonds. The van der Waals surface area contributed by atoms with Gasteiger partial charge in [0.1, 0.15) is 25.1 Å². The van der Waals surface area contributed by atoms with Gasteiger partial charge in [-0.05, 0) is 24.3 Å².